The topological polar surface area (TPSA) is 64.6 Å². The standard InChI is InChI=1S/C14H17NO4/c1-3-9-19-13(16)10-15-12-7-5-11(6-8-12)14(17)18-4-2/h3,5-8,15H,1,4,9-10H2,2H3. The van der Waals surface area contributed by atoms with Crippen molar-refractivity contribution >= 4 is 17.6 Å². The predicted molar refractivity (Wildman–Crippen MR) is 72.0 cm³/mol. The van der Waals surface area contributed by atoms with E-state index in [2.05, 4.69) is 11.9 Å². The molecule has 102 valence electrons. The van der Waals surface area contributed by atoms with Gasteiger partial charge in [0.15, 0.2) is 0 Å². The first-order valence-corrected chi connectivity index (χ1v) is 5.95. The highest BCUT2D eigenvalue weighted by molar-refractivity contribution is 5.89. The molecule has 0 saturated heterocycles. The fraction of sp³-hybridized carbons (Fsp3) is 0.286. The third-order valence-electron chi connectivity index (χ3n) is 2.20. The first-order chi connectivity index (χ1) is 9.17. The maximum absolute atomic E-state index is 11.4. The molecule has 1 N–H and O–H groups in total. The molecule has 0 aliphatic carbocycles. The molecule has 5 heteroatoms. The zero-order chi connectivity index (χ0) is 14.1. The number of anilines is 1. The lowest BCUT2D eigenvalue weighted by atomic mass is 10.2. The van der Waals surface area contributed by atoms with Crippen molar-refractivity contribution in [1.82, 2.24) is 0 Å². The van der Waals surface area contributed by atoms with Crippen molar-refractivity contribution in [1.29, 1.82) is 0 Å². The Kier molecular flexibility index (Phi) is 6.15. The Hall–Kier alpha value is -2.30. The van der Waals surface area contributed by atoms with Gasteiger partial charge in [-0.05, 0) is 31.2 Å². The highest BCUT2D eigenvalue weighted by Gasteiger charge is 2.06. The molecule has 0 aromatic heterocycles. The van der Waals surface area contributed by atoms with E-state index in [-0.39, 0.29) is 25.1 Å². The van der Waals surface area contributed by atoms with Gasteiger partial charge in [0.05, 0.1) is 12.2 Å². The Morgan fingerprint density at radius 3 is 2.53 bits per heavy atom. The summed E-state index contributed by atoms with van der Waals surface area (Å²) in [5, 5.41) is 2.89. The van der Waals surface area contributed by atoms with E-state index in [0.29, 0.717) is 12.2 Å². The van der Waals surface area contributed by atoms with Gasteiger partial charge in [-0.2, -0.15) is 0 Å². The van der Waals surface area contributed by atoms with E-state index < -0.39 is 0 Å². The lowest BCUT2D eigenvalue weighted by molar-refractivity contribution is -0.140. The van der Waals surface area contributed by atoms with Crippen LogP contribution in [0.25, 0.3) is 0 Å². The molecule has 0 aliphatic heterocycles. The predicted octanol–water partition coefficient (Wildman–Crippen LogP) is 2.00. The quantitative estimate of drug-likeness (QED) is 0.602. The number of carbonyl (C=O) groups is 2. The van der Waals surface area contributed by atoms with Crippen molar-refractivity contribution < 1.29 is 19.1 Å². The molecule has 1 rings (SSSR count). The maximum Gasteiger partial charge on any atom is 0.338 e. The van der Waals surface area contributed by atoms with Gasteiger partial charge in [0, 0.05) is 5.69 Å². The largest absolute Gasteiger partial charge is 0.462 e. The minimum Gasteiger partial charge on any atom is -0.462 e. The van der Waals surface area contributed by atoms with Gasteiger partial charge in [-0.25, -0.2) is 4.79 Å². The molecule has 0 unspecified atom stereocenters. The van der Waals surface area contributed by atoms with E-state index in [0.717, 1.165) is 5.69 Å². The lowest BCUT2D eigenvalue weighted by Gasteiger charge is -2.07. The molecule has 0 fully saturated rings. The molecule has 0 spiro atoms. The summed E-state index contributed by atoms with van der Waals surface area (Å²) in [6.45, 7) is 5.80. The van der Waals surface area contributed by atoms with Gasteiger partial charge in [-0.15, -0.1) is 0 Å². The first-order valence-electron chi connectivity index (χ1n) is 5.95. The Bertz CT molecular complexity index is 439. The molecule has 0 aliphatic rings. The summed E-state index contributed by atoms with van der Waals surface area (Å²) in [5.41, 5.74) is 1.20. The summed E-state index contributed by atoms with van der Waals surface area (Å²) >= 11 is 0. The van der Waals surface area contributed by atoms with Gasteiger partial charge < -0.3 is 14.8 Å². The van der Waals surface area contributed by atoms with Gasteiger partial charge in [0.25, 0.3) is 0 Å². The summed E-state index contributed by atoms with van der Waals surface area (Å²) in [5.74, 6) is -0.728. The second-order valence-corrected chi connectivity index (χ2v) is 3.62. The zero-order valence-electron chi connectivity index (χ0n) is 10.8. The van der Waals surface area contributed by atoms with Crippen LogP contribution in [-0.2, 0) is 14.3 Å². The summed E-state index contributed by atoms with van der Waals surface area (Å²) in [6, 6.07) is 6.67. The monoisotopic (exact) mass is 263 g/mol. The molecule has 1 aromatic carbocycles. The molecule has 19 heavy (non-hydrogen) atoms. The van der Waals surface area contributed by atoms with Crippen LogP contribution < -0.4 is 5.32 Å². The Morgan fingerprint density at radius 2 is 1.95 bits per heavy atom. The van der Waals surface area contributed by atoms with Crippen molar-refractivity contribution in [3.8, 4) is 0 Å². The number of hydrogen-bond acceptors (Lipinski definition) is 5. The minimum absolute atomic E-state index is 0.0621. The summed E-state index contributed by atoms with van der Waals surface area (Å²) in [6.07, 6.45) is 1.51. The molecular formula is C14H17NO4. The molecule has 1 aromatic rings. The Labute approximate surface area is 112 Å². The third-order valence-corrected chi connectivity index (χ3v) is 2.20. The highest BCUT2D eigenvalue weighted by Crippen LogP contribution is 2.10. The summed E-state index contributed by atoms with van der Waals surface area (Å²) in [4.78, 5) is 22.6. The van der Waals surface area contributed by atoms with Crippen LogP contribution in [0.2, 0.25) is 0 Å². The van der Waals surface area contributed by atoms with Crippen molar-refractivity contribution in [2.24, 2.45) is 0 Å². The van der Waals surface area contributed by atoms with E-state index in [4.69, 9.17) is 9.47 Å². The van der Waals surface area contributed by atoms with Crippen molar-refractivity contribution in [3.05, 3.63) is 42.5 Å². The number of benzene rings is 1. The molecule has 0 amide bonds. The number of carbonyl (C=O) groups excluding carboxylic acids is 2. The van der Waals surface area contributed by atoms with Crippen molar-refractivity contribution in [2.45, 2.75) is 6.92 Å². The van der Waals surface area contributed by atoms with Gasteiger partial charge in [0.2, 0.25) is 0 Å². The third kappa shape index (κ3) is 5.25. The normalized spacial score (nSPS) is 9.53. The van der Waals surface area contributed by atoms with Crippen LogP contribution in [0.5, 0.6) is 0 Å². The Balaban J connectivity index is 2.46. The van der Waals surface area contributed by atoms with Crippen LogP contribution in [-0.4, -0.2) is 31.7 Å². The average Bonchev–Trinajstić information content (AvgIpc) is 2.43. The van der Waals surface area contributed by atoms with Crippen LogP contribution in [0, 0.1) is 0 Å². The van der Waals surface area contributed by atoms with Gasteiger partial charge in [-0.1, -0.05) is 12.7 Å². The minimum atomic E-state index is -0.366. The van der Waals surface area contributed by atoms with E-state index in [1.807, 2.05) is 0 Å². The molecule has 0 saturated carbocycles. The average molecular weight is 263 g/mol. The van der Waals surface area contributed by atoms with Crippen molar-refractivity contribution in [3.63, 3.8) is 0 Å². The van der Waals surface area contributed by atoms with Gasteiger partial charge in [0.1, 0.15) is 13.2 Å². The molecular weight excluding hydrogens is 246 g/mol. The van der Waals surface area contributed by atoms with E-state index in [1.165, 1.54) is 6.08 Å². The van der Waals surface area contributed by atoms with Crippen LogP contribution in [0.3, 0.4) is 0 Å². The van der Waals surface area contributed by atoms with Crippen LogP contribution in [0.15, 0.2) is 36.9 Å². The number of esters is 2. The van der Waals surface area contributed by atoms with E-state index >= 15 is 0 Å². The van der Waals surface area contributed by atoms with Crippen LogP contribution >= 0.6 is 0 Å². The van der Waals surface area contributed by atoms with Crippen molar-refractivity contribution in [2.75, 3.05) is 25.1 Å². The number of nitrogens with one attached hydrogen (secondary N) is 1. The fourth-order valence-electron chi connectivity index (χ4n) is 1.32. The van der Waals surface area contributed by atoms with Crippen LogP contribution in [0.4, 0.5) is 5.69 Å². The molecule has 0 heterocycles. The zero-order valence-corrected chi connectivity index (χ0v) is 10.8. The second-order valence-electron chi connectivity index (χ2n) is 3.62. The Morgan fingerprint density at radius 1 is 1.26 bits per heavy atom. The van der Waals surface area contributed by atoms with Gasteiger partial charge in [-0.3, -0.25) is 4.79 Å². The molecule has 0 radical (unpaired) electrons. The molecule has 0 atom stereocenters. The summed E-state index contributed by atoms with van der Waals surface area (Å²) < 4.78 is 9.68. The molecule has 0 bridgehead atoms. The SMILES string of the molecule is C=CCOC(=O)CNc1ccc(C(=O)OCC)cc1. The maximum atomic E-state index is 11.4. The summed E-state index contributed by atoms with van der Waals surface area (Å²) in [7, 11) is 0. The van der Waals surface area contributed by atoms with Gasteiger partial charge >= 0.3 is 11.9 Å². The first kappa shape index (κ1) is 14.8. The second kappa shape index (κ2) is 7.92. The smallest absolute Gasteiger partial charge is 0.338 e. The van der Waals surface area contributed by atoms with E-state index in [9.17, 15) is 9.59 Å². The number of ether oxygens (including phenoxy) is 2. The highest BCUT2D eigenvalue weighted by atomic mass is 16.5. The molecule has 5 nitrogen and oxygen atoms in total. The van der Waals surface area contributed by atoms with E-state index in [1.54, 1.807) is 31.2 Å². The number of rotatable bonds is 7. The number of hydrogen-bond donors (Lipinski definition) is 1. The van der Waals surface area contributed by atoms with Crippen LogP contribution in [0.1, 0.15) is 17.3 Å². The fourth-order valence-corrected chi connectivity index (χ4v) is 1.32. The lowest BCUT2D eigenvalue weighted by Crippen LogP contribution is -2.16.